The summed E-state index contributed by atoms with van der Waals surface area (Å²) >= 11 is 0. The van der Waals surface area contributed by atoms with Crippen LogP contribution < -0.4 is 0 Å². The number of carboxylic acid groups (broad SMARTS) is 1. The van der Waals surface area contributed by atoms with Crippen molar-refractivity contribution in [3.05, 3.63) is 0 Å². The molecule has 0 rings (SSSR count). The van der Waals surface area contributed by atoms with Gasteiger partial charge in [0.15, 0.2) is 0 Å². The molecule has 0 heterocycles. The zero-order valence-electron chi connectivity index (χ0n) is 4.18. The Balaban J connectivity index is 2.82. The summed E-state index contributed by atoms with van der Waals surface area (Å²) in [5.41, 5.74) is 0. The second kappa shape index (κ2) is 3.82. The molecular formula is C3H8O3Si. The highest BCUT2D eigenvalue weighted by molar-refractivity contribution is 5.98. The third-order valence-corrected chi connectivity index (χ3v) is 0.928. The van der Waals surface area contributed by atoms with Crippen molar-refractivity contribution in [3.8, 4) is 0 Å². The van der Waals surface area contributed by atoms with E-state index in [4.69, 9.17) is 5.11 Å². The van der Waals surface area contributed by atoms with Gasteiger partial charge in [-0.15, -0.1) is 0 Å². The van der Waals surface area contributed by atoms with Crippen LogP contribution in [0.3, 0.4) is 0 Å². The van der Waals surface area contributed by atoms with Crippen molar-refractivity contribution in [1.29, 1.82) is 0 Å². The highest BCUT2D eigenvalue weighted by Crippen LogP contribution is 1.75. The Labute approximate surface area is 44.8 Å². The smallest absolute Gasteiger partial charge is 0.305 e. The van der Waals surface area contributed by atoms with Crippen LogP contribution in [0.2, 0.25) is 0 Å². The molecule has 0 unspecified atom stereocenters. The lowest BCUT2D eigenvalue weighted by atomic mass is 10.5. The van der Waals surface area contributed by atoms with Crippen LogP contribution in [0.4, 0.5) is 0 Å². The lowest BCUT2D eigenvalue weighted by Gasteiger charge is -1.89. The van der Waals surface area contributed by atoms with Crippen molar-refractivity contribution in [3.63, 3.8) is 0 Å². The molecule has 1 N–H and O–H groups in total. The molecule has 0 radical (unpaired) electrons. The second-order valence-corrected chi connectivity index (χ2v) is 1.71. The standard InChI is InChI=1S/C3H8O3Si/c4-3(5)1-2-6-7/h1-2H2,7H3,(H,4,5). The molecule has 4 heteroatoms. The molecule has 0 aliphatic rings. The van der Waals surface area contributed by atoms with Crippen molar-refractivity contribution >= 4 is 16.5 Å². The molecule has 42 valence electrons. The predicted octanol–water partition coefficient (Wildman–Crippen LogP) is -1.24. The summed E-state index contributed by atoms with van der Waals surface area (Å²) in [5, 5.41) is 7.98. The summed E-state index contributed by atoms with van der Waals surface area (Å²) in [4.78, 5) is 9.69. The van der Waals surface area contributed by atoms with Crippen LogP contribution in [0, 0.1) is 0 Å². The first-order valence-corrected chi connectivity index (χ1v) is 2.79. The average molecular weight is 120 g/mol. The quantitative estimate of drug-likeness (QED) is 0.474. The first kappa shape index (κ1) is 6.65. The van der Waals surface area contributed by atoms with Gasteiger partial charge in [0.1, 0.15) is 10.5 Å². The van der Waals surface area contributed by atoms with Crippen LogP contribution in [0.25, 0.3) is 0 Å². The SMILES string of the molecule is O=C(O)CCO[SiH3]. The number of rotatable bonds is 3. The Kier molecular flexibility index (Phi) is 3.63. The fraction of sp³-hybridized carbons (Fsp3) is 0.667. The second-order valence-electron chi connectivity index (χ2n) is 1.14. The number of hydrogen-bond donors (Lipinski definition) is 1. The molecule has 0 aliphatic carbocycles. The van der Waals surface area contributed by atoms with Gasteiger partial charge in [-0.25, -0.2) is 0 Å². The van der Waals surface area contributed by atoms with Gasteiger partial charge in [0.25, 0.3) is 0 Å². The molecule has 0 bridgehead atoms. The Hall–Kier alpha value is -0.353. The lowest BCUT2D eigenvalue weighted by Crippen LogP contribution is -1.99. The van der Waals surface area contributed by atoms with Crippen molar-refractivity contribution in [2.45, 2.75) is 6.42 Å². The van der Waals surface area contributed by atoms with Gasteiger partial charge in [0.05, 0.1) is 6.42 Å². The number of carbonyl (C=O) groups is 1. The van der Waals surface area contributed by atoms with Crippen LogP contribution >= 0.6 is 0 Å². The Morgan fingerprint density at radius 2 is 2.43 bits per heavy atom. The fourth-order valence-corrected chi connectivity index (χ4v) is 0.393. The topological polar surface area (TPSA) is 46.5 Å². The van der Waals surface area contributed by atoms with Gasteiger partial charge in [0.2, 0.25) is 0 Å². The zero-order valence-corrected chi connectivity index (χ0v) is 6.18. The van der Waals surface area contributed by atoms with E-state index in [9.17, 15) is 4.79 Å². The molecular weight excluding hydrogens is 112 g/mol. The predicted molar refractivity (Wildman–Crippen MR) is 28.1 cm³/mol. The molecule has 0 saturated carbocycles. The van der Waals surface area contributed by atoms with E-state index < -0.39 is 5.97 Å². The normalized spacial score (nSPS) is 9.14. The van der Waals surface area contributed by atoms with E-state index in [0.29, 0.717) is 17.1 Å². The summed E-state index contributed by atoms with van der Waals surface area (Å²) < 4.78 is 4.61. The summed E-state index contributed by atoms with van der Waals surface area (Å²) in [6.45, 7) is 0.363. The minimum absolute atomic E-state index is 0.128. The molecule has 0 amide bonds. The average Bonchev–Trinajstić information content (AvgIpc) is 1.61. The van der Waals surface area contributed by atoms with E-state index in [1.807, 2.05) is 0 Å². The highest BCUT2D eigenvalue weighted by atomic mass is 28.2. The summed E-state index contributed by atoms with van der Waals surface area (Å²) in [7, 11) is 0.631. The number of carboxylic acids is 1. The zero-order chi connectivity index (χ0) is 5.70. The van der Waals surface area contributed by atoms with Gasteiger partial charge >= 0.3 is 5.97 Å². The van der Waals surface area contributed by atoms with Crippen LogP contribution in [-0.4, -0.2) is 28.2 Å². The summed E-state index contributed by atoms with van der Waals surface area (Å²) in [6, 6.07) is 0. The van der Waals surface area contributed by atoms with Gasteiger partial charge in [-0.05, 0) is 0 Å². The Morgan fingerprint density at radius 1 is 1.86 bits per heavy atom. The third-order valence-electron chi connectivity index (χ3n) is 0.520. The van der Waals surface area contributed by atoms with Gasteiger partial charge in [0, 0.05) is 6.61 Å². The minimum atomic E-state index is -0.796. The van der Waals surface area contributed by atoms with E-state index in [0.717, 1.165) is 0 Å². The van der Waals surface area contributed by atoms with Gasteiger partial charge in [-0.3, -0.25) is 4.79 Å². The molecule has 0 aromatic heterocycles. The Morgan fingerprint density at radius 3 is 2.57 bits per heavy atom. The molecule has 0 atom stereocenters. The van der Waals surface area contributed by atoms with Crippen molar-refractivity contribution in [2.75, 3.05) is 6.61 Å². The first-order valence-electron chi connectivity index (χ1n) is 1.98. The molecule has 3 nitrogen and oxygen atoms in total. The third kappa shape index (κ3) is 5.65. The maximum atomic E-state index is 9.69. The molecule has 7 heavy (non-hydrogen) atoms. The molecule has 0 aromatic carbocycles. The van der Waals surface area contributed by atoms with E-state index in [2.05, 4.69) is 4.43 Å². The highest BCUT2D eigenvalue weighted by Gasteiger charge is 1.90. The minimum Gasteiger partial charge on any atom is -0.481 e. The van der Waals surface area contributed by atoms with Crippen LogP contribution in [0.1, 0.15) is 6.42 Å². The van der Waals surface area contributed by atoms with Crippen LogP contribution in [-0.2, 0) is 9.22 Å². The van der Waals surface area contributed by atoms with Crippen molar-refractivity contribution in [2.24, 2.45) is 0 Å². The maximum absolute atomic E-state index is 9.69. The van der Waals surface area contributed by atoms with E-state index in [-0.39, 0.29) is 6.42 Å². The first-order chi connectivity index (χ1) is 3.27. The fourth-order valence-electron chi connectivity index (χ4n) is 0.189. The number of aliphatic carboxylic acids is 1. The van der Waals surface area contributed by atoms with Crippen LogP contribution in [0.5, 0.6) is 0 Å². The Bertz CT molecular complexity index is 63.2. The monoisotopic (exact) mass is 120 g/mol. The lowest BCUT2D eigenvalue weighted by molar-refractivity contribution is -0.137. The van der Waals surface area contributed by atoms with Crippen LogP contribution in [0.15, 0.2) is 0 Å². The van der Waals surface area contributed by atoms with E-state index in [1.165, 1.54) is 0 Å². The maximum Gasteiger partial charge on any atom is 0.305 e. The molecule has 0 aromatic rings. The molecule has 0 spiro atoms. The van der Waals surface area contributed by atoms with Crippen molar-refractivity contribution in [1.82, 2.24) is 0 Å². The number of hydrogen-bond acceptors (Lipinski definition) is 2. The van der Waals surface area contributed by atoms with Gasteiger partial charge in [-0.2, -0.15) is 0 Å². The molecule has 0 aliphatic heterocycles. The van der Waals surface area contributed by atoms with Gasteiger partial charge < -0.3 is 9.53 Å². The molecule has 0 fully saturated rings. The summed E-state index contributed by atoms with van der Waals surface area (Å²) in [5.74, 6) is -0.796. The largest absolute Gasteiger partial charge is 0.481 e. The van der Waals surface area contributed by atoms with E-state index in [1.54, 1.807) is 0 Å². The molecule has 0 saturated heterocycles. The summed E-state index contributed by atoms with van der Waals surface area (Å²) in [6.07, 6.45) is 0.128. The van der Waals surface area contributed by atoms with Gasteiger partial charge in [-0.1, -0.05) is 0 Å². The van der Waals surface area contributed by atoms with E-state index >= 15 is 0 Å². The van der Waals surface area contributed by atoms with Crippen molar-refractivity contribution < 1.29 is 14.3 Å².